The van der Waals surface area contributed by atoms with E-state index in [-0.39, 0.29) is 18.5 Å². The molecular weight excluding hydrogens is 372 g/mol. The molecule has 0 saturated carbocycles. The first-order valence-corrected chi connectivity index (χ1v) is 9.33. The largest absolute Gasteiger partial charge is 0.497 e. The number of rotatable bonds is 10. The van der Waals surface area contributed by atoms with Crippen molar-refractivity contribution < 1.29 is 23.7 Å². The number of carbonyl (C=O) groups excluding carboxylic acids is 1. The molecular formula is C22H30N2O5. The first kappa shape index (κ1) is 22.4. The summed E-state index contributed by atoms with van der Waals surface area (Å²) in [5.41, 5.74) is 1.92. The smallest absolute Gasteiger partial charge is 0.234 e. The second-order valence-corrected chi connectivity index (χ2v) is 6.66. The quantitative estimate of drug-likeness (QED) is 0.659. The van der Waals surface area contributed by atoms with Crippen molar-refractivity contribution in [1.29, 1.82) is 0 Å². The van der Waals surface area contributed by atoms with Gasteiger partial charge in [0, 0.05) is 24.2 Å². The Morgan fingerprint density at radius 2 is 1.52 bits per heavy atom. The van der Waals surface area contributed by atoms with Gasteiger partial charge in [0.1, 0.15) is 11.5 Å². The van der Waals surface area contributed by atoms with Crippen LogP contribution in [0.5, 0.6) is 23.0 Å². The number of carbonyl (C=O) groups is 1. The van der Waals surface area contributed by atoms with Gasteiger partial charge in [-0.25, -0.2) is 0 Å². The fraction of sp³-hybridized carbons (Fsp3) is 0.409. The topological polar surface area (TPSA) is 69.3 Å². The molecule has 158 valence electrons. The number of methoxy groups -OCH3 is 4. The Morgan fingerprint density at radius 1 is 0.931 bits per heavy atom. The average molecular weight is 402 g/mol. The number of ether oxygens (including phenoxy) is 4. The molecule has 7 nitrogen and oxygen atoms in total. The molecule has 0 radical (unpaired) electrons. The Hall–Kier alpha value is -2.93. The lowest BCUT2D eigenvalue weighted by molar-refractivity contribution is -0.122. The highest BCUT2D eigenvalue weighted by molar-refractivity contribution is 5.78. The van der Waals surface area contributed by atoms with Crippen LogP contribution in [0.3, 0.4) is 0 Å². The second-order valence-electron chi connectivity index (χ2n) is 6.66. The van der Waals surface area contributed by atoms with E-state index in [2.05, 4.69) is 12.2 Å². The zero-order valence-electron chi connectivity index (χ0n) is 17.9. The van der Waals surface area contributed by atoms with Gasteiger partial charge in [-0.2, -0.15) is 0 Å². The van der Waals surface area contributed by atoms with Crippen LogP contribution >= 0.6 is 0 Å². The minimum Gasteiger partial charge on any atom is -0.497 e. The normalized spacial score (nSPS) is 11.7. The molecule has 0 heterocycles. The van der Waals surface area contributed by atoms with Gasteiger partial charge >= 0.3 is 0 Å². The molecule has 2 aromatic rings. The third-order valence-electron chi connectivity index (χ3n) is 4.91. The maximum Gasteiger partial charge on any atom is 0.234 e. The molecule has 0 fully saturated rings. The molecule has 0 aliphatic carbocycles. The van der Waals surface area contributed by atoms with E-state index in [9.17, 15) is 4.79 Å². The van der Waals surface area contributed by atoms with Crippen molar-refractivity contribution in [3.05, 3.63) is 47.5 Å². The van der Waals surface area contributed by atoms with E-state index >= 15 is 0 Å². The number of hydrogen-bond donors (Lipinski definition) is 1. The van der Waals surface area contributed by atoms with Crippen molar-refractivity contribution in [2.75, 3.05) is 42.0 Å². The van der Waals surface area contributed by atoms with Crippen molar-refractivity contribution in [3.8, 4) is 23.0 Å². The van der Waals surface area contributed by atoms with Crippen LogP contribution in [0.2, 0.25) is 0 Å². The molecule has 1 unspecified atom stereocenters. The summed E-state index contributed by atoms with van der Waals surface area (Å²) in [6.07, 6.45) is 0. The van der Waals surface area contributed by atoms with Crippen LogP contribution in [0.4, 0.5) is 0 Å². The molecule has 0 spiro atoms. The lowest BCUT2D eigenvalue weighted by atomic mass is 10.1. The standard InChI is InChI=1S/C22H30N2O5/c1-15(16-7-9-18(26-3)10-8-16)24(2)14-22(25)23-13-17-11-20(28-5)21(29-6)12-19(17)27-4/h7-12,15H,13-14H2,1-6H3,(H,23,25). The highest BCUT2D eigenvalue weighted by Crippen LogP contribution is 2.34. The lowest BCUT2D eigenvalue weighted by Crippen LogP contribution is -2.36. The van der Waals surface area contributed by atoms with Gasteiger partial charge in [-0.1, -0.05) is 12.1 Å². The van der Waals surface area contributed by atoms with E-state index in [0.717, 1.165) is 16.9 Å². The molecule has 0 aromatic heterocycles. The first-order valence-electron chi connectivity index (χ1n) is 9.33. The molecule has 0 bridgehead atoms. The molecule has 29 heavy (non-hydrogen) atoms. The van der Waals surface area contributed by atoms with E-state index in [0.29, 0.717) is 23.8 Å². The Morgan fingerprint density at radius 3 is 2.07 bits per heavy atom. The van der Waals surface area contributed by atoms with Crippen molar-refractivity contribution in [2.45, 2.75) is 19.5 Å². The fourth-order valence-electron chi connectivity index (χ4n) is 2.98. The van der Waals surface area contributed by atoms with Gasteiger partial charge in [0.25, 0.3) is 0 Å². The second kappa shape index (κ2) is 10.6. The summed E-state index contributed by atoms with van der Waals surface area (Å²) >= 11 is 0. The van der Waals surface area contributed by atoms with Crippen LogP contribution in [-0.4, -0.2) is 52.8 Å². The Labute approximate surface area is 172 Å². The van der Waals surface area contributed by atoms with Gasteiger partial charge in [0.05, 0.1) is 35.0 Å². The number of hydrogen-bond acceptors (Lipinski definition) is 6. The van der Waals surface area contributed by atoms with Gasteiger partial charge in [-0.05, 0) is 37.7 Å². The number of nitrogens with zero attached hydrogens (tertiary/aromatic N) is 1. The van der Waals surface area contributed by atoms with Crippen molar-refractivity contribution in [3.63, 3.8) is 0 Å². The number of benzene rings is 2. The van der Waals surface area contributed by atoms with Crippen molar-refractivity contribution >= 4 is 5.91 Å². The van der Waals surface area contributed by atoms with E-state index in [1.54, 1.807) is 34.5 Å². The molecule has 7 heteroatoms. The summed E-state index contributed by atoms with van der Waals surface area (Å²) in [7, 11) is 8.28. The van der Waals surface area contributed by atoms with E-state index < -0.39 is 0 Å². The summed E-state index contributed by atoms with van der Waals surface area (Å²) in [4.78, 5) is 14.5. The Balaban J connectivity index is 1.98. The van der Waals surface area contributed by atoms with Gasteiger partial charge in [-0.3, -0.25) is 9.69 Å². The van der Waals surface area contributed by atoms with Crippen LogP contribution in [0.1, 0.15) is 24.1 Å². The molecule has 2 rings (SSSR count). The van der Waals surface area contributed by atoms with Gasteiger partial charge < -0.3 is 24.3 Å². The van der Waals surface area contributed by atoms with E-state index in [4.69, 9.17) is 18.9 Å². The number of likely N-dealkylation sites (N-methyl/N-ethyl adjacent to an activating group) is 1. The van der Waals surface area contributed by atoms with E-state index in [1.807, 2.05) is 42.3 Å². The Kier molecular flexibility index (Phi) is 8.15. The monoisotopic (exact) mass is 402 g/mol. The van der Waals surface area contributed by atoms with Gasteiger partial charge in [0.15, 0.2) is 11.5 Å². The maximum atomic E-state index is 12.5. The predicted molar refractivity (Wildman–Crippen MR) is 112 cm³/mol. The van der Waals surface area contributed by atoms with Gasteiger partial charge in [0.2, 0.25) is 5.91 Å². The van der Waals surface area contributed by atoms with Gasteiger partial charge in [-0.15, -0.1) is 0 Å². The Bertz CT molecular complexity index is 808. The zero-order valence-corrected chi connectivity index (χ0v) is 17.9. The molecule has 0 aliphatic rings. The zero-order chi connectivity index (χ0) is 21.4. The SMILES string of the molecule is COc1ccc(C(C)N(C)CC(=O)NCc2cc(OC)c(OC)cc2OC)cc1. The lowest BCUT2D eigenvalue weighted by Gasteiger charge is -2.24. The van der Waals surface area contributed by atoms with Crippen LogP contribution < -0.4 is 24.3 Å². The maximum absolute atomic E-state index is 12.5. The first-order chi connectivity index (χ1) is 13.9. The number of amides is 1. The number of nitrogens with one attached hydrogen (secondary N) is 1. The minimum atomic E-state index is -0.0790. The van der Waals surface area contributed by atoms with Crippen LogP contribution in [0, 0.1) is 0 Å². The van der Waals surface area contributed by atoms with Crippen molar-refractivity contribution in [2.24, 2.45) is 0 Å². The third kappa shape index (κ3) is 5.77. The summed E-state index contributed by atoms with van der Waals surface area (Å²) in [6, 6.07) is 11.5. The van der Waals surface area contributed by atoms with Crippen molar-refractivity contribution in [1.82, 2.24) is 10.2 Å². The molecule has 1 N–H and O–H groups in total. The molecule has 1 atom stereocenters. The molecule has 1 amide bonds. The predicted octanol–water partition coefficient (Wildman–Crippen LogP) is 3.03. The molecule has 0 aliphatic heterocycles. The summed E-state index contributed by atoms with van der Waals surface area (Å²) in [6.45, 7) is 2.66. The van der Waals surface area contributed by atoms with Crippen LogP contribution in [-0.2, 0) is 11.3 Å². The summed E-state index contributed by atoms with van der Waals surface area (Å²) in [5, 5.41) is 2.94. The summed E-state index contributed by atoms with van der Waals surface area (Å²) in [5.74, 6) is 2.52. The molecule has 2 aromatic carbocycles. The van der Waals surface area contributed by atoms with Crippen LogP contribution in [0.15, 0.2) is 36.4 Å². The molecule has 0 saturated heterocycles. The summed E-state index contributed by atoms with van der Waals surface area (Å²) < 4.78 is 21.2. The third-order valence-corrected chi connectivity index (χ3v) is 4.91. The minimum absolute atomic E-state index is 0.0790. The van der Waals surface area contributed by atoms with Crippen LogP contribution in [0.25, 0.3) is 0 Å². The highest BCUT2D eigenvalue weighted by Gasteiger charge is 2.16. The fourth-order valence-corrected chi connectivity index (χ4v) is 2.98. The average Bonchev–Trinajstić information content (AvgIpc) is 2.76. The van der Waals surface area contributed by atoms with E-state index in [1.165, 1.54) is 0 Å². The highest BCUT2D eigenvalue weighted by atomic mass is 16.5.